The summed E-state index contributed by atoms with van der Waals surface area (Å²) >= 11 is 0. The van der Waals surface area contributed by atoms with Gasteiger partial charge in [0, 0.05) is 26.0 Å². The van der Waals surface area contributed by atoms with Crippen LogP contribution in [0.3, 0.4) is 0 Å². The number of anilines is 1. The number of likely N-dealkylation sites (N-methyl/N-ethyl adjacent to an activating group) is 1. The lowest BCUT2D eigenvalue weighted by Gasteiger charge is -2.29. The summed E-state index contributed by atoms with van der Waals surface area (Å²) in [5.41, 5.74) is 0.441. The summed E-state index contributed by atoms with van der Waals surface area (Å²) in [5, 5.41) is 2.85. The Balaban J connectivity index is 2.04. The highest BCUT2D eigenvalue weighted by Crippen LogP contribution is 2.28. The van der Waals surface area contributed by atoms with Gasteiger partial charge in [0.2, 0.25) is 11.8 Å². The van der Waals surface area contributed by atoms with Crippen LogP contribution in [0.5, 0.6) is 5.75 Å². The summed E-state index contributed by atoms with van der Waals surface area (Å²) < 4.78 is 5.74. The number of pyridine rings is 1. The molecule has 0 bridgehead atoms. The highest BCUT2D eigenvalue weighted by atomic mass is 16.5. The molecular weight excluding hydrogens is 354 g/mol. The van der Waals surface area contributed by atoms with Crippen LogP contribution in [0.1, 0.15) is 33.3 Å². The number of para-hydroxylation sites is 2. The first-order valence-electron chi connectivity index (χ1n) is 9.43. The molecule has 2 aromatic rings. The molecule has 28 heavy (non-hydrogen) atoms. The number of nitrogens with one attached hydrogen (secondary N) is 1. The maximum atomic E-state index is 12.9. The molecule has 2 rings (SSSR count). The average molecular weight is 383 g/mol. The molecule has 0 aliphatic heterocycles. The van der Waals surface area contributed by atoms with Crippen molar-refractivity contribution >= 4 is 17.5 Å². The minimum absolute atomic E-state index is 0.0213. The van der Waals surface area contributed by atoms with Crippen LogP contribution in [0.15, 0.2) is 48.8 Å². The second kappa shape index (κ2) is 9.35. The van der Waals surface area contributed by atoms with Gasteiger partial charge in [0.25, 0.3) is 0 Å². The average Bonchev–Trinajstić information content (AvgIpc) is 2.67. The van der Waals surface area contributed by atoms with Crippen LogP contribution in [0.25, 0.3) is 0 Å². The highest BCUT2D eigenvalue weighted by molar-refractivity contribution is 6.10. The summed E-state index contributed by atoms with van der Waals surface area (Å²) in [4.78, 5) is 31.4. The summed E-state index contributed by atoms with van der Waals surface area (Å²) in [6.07, 6.45) is 4.14. The first-order chi connectivity index (χ1) is 13.2. The SMILES string of the molecule is CC(C)Oc1ccccc1NC(=O)C(C)(C)C(=O)N(C)CCc1ccncc1. The molecule has 0 spiro atoms. The second-order valence-electron chi connectivity index (χ2n) is 7.57. The van der Waals surface area contributed by atoms with Crippen molar-refractivity contribution in [3.05, 3.63) is 54.4 Å². The van der Waals surface area contributed by atoms with Gasteiger partial charge in [-0.1, -0.05) is 12.1 Å². The molecule has 6 nitrogen and oxygen atoms in total. The fraction of sp³-hybridized carbons (Fsp3) is 0.409. The normalized spacial score (nSPS) is 11.2. The molecule has 0 fully saturated rings. The Kier molecular flexibility index (Phi) is 7.15. The molecule has 0 radical (unpaired) electrons. The smallest absolute Gasteiger partial charge is 0.239 e. The van der Waals surface area contributed by atoms with E-state index in [-0.39, 0.29) is 17.9 Å². The summed E-state index contributed by atoms with van der Waals surface area (Å²) in [6, 6.07) is 11.1. The van der Waals surface area contributed by atoms with Crippen LogP contribution < -0.4 is 10.1 Å². The van der Waals surface area contributed by atoms with Gasteiger partial charge in [-0.2, -0.15) is 0 Å². The Labute approximate surface area is 166 Å². The van der Waals surface area contributed by atoms with E-state index in [0.29, 0.717) is 24.4 Å². The van der Waals surface area contributed by atoms with Gasteiger partial charge in [-0.25, -0.2) is 0 Å². The third-order valence-corrected chi connectivity index (χ3v) is 4.43. The van der Waals surface area contributed by atoms with E-state index in [2.05, 4.69) is 10.3 Å². The van der Waals surface area contributed by atoms with Crippen LogP contribution in [0.2, 0.25) is 0 Å². The molecule has 150 valence electrons. The molecule has 1 N–H and O–H groups in total. The molecule has 0 aliphatic rings. The van der Waals surface area contributed by atoms with Crippen LogP contribution >= 0.6 is 0 Å². The van der Waals surface area contributed by atoms with E-state index in [1.54, 1.807) is 50.3 Å². The Morgan fingerprint density at radius 1 is 1.14 bits per heavy atom. The molecular formula is C22H29N3O3. The van der Waals surface area contributed by atoms with E-state index < -0.39 is 5.41 Å². The topological polar surface area (TPSA) is 71.5 Å². The van der Waals surface area contributed by atoms with Crippen LogP contribution in [0.4, 0.5) is 5.69 Å². The van der Waals surface area contributed by atoms with Crippen molar-refractivity contribution in [2.45, 2.75) is 40.2 Å². The number of rotatable bonds is 8. The van der Waals surface area contributed by atoms with Gasteiger partial charge in [-0.3, -0.25) is 14.6 Å². The molecule has 2 amide bonds. The first kappa shape index (κ1) is 21.4. The van der Waals surface area contributed by atoms with Crippen LogP contribution in [-0.4, -0.2) is 41.4 Å². The molecule has 0 saturated carbocycles. The Morgan fingerprint density at radius 2 is 1.79 bits per heavy atom. The third-order valence-electron chi connectivity index (χ3n) is 4.43. The number of benzene rings is 1. The van der Waals surface area contributed by atoms with E-state index >= 15 is 0 Å². The van der Waals surface area contributed by atoms with Crippen molar-refractivity contribution in [2.24, 2.45) is 5.41 Å². The molecule has 1 heterocycles. The Morgan fingerprint density at radius 3 is 2.43 bits per heavy atom. The zero-order valence-electron chi connectivity index (χ0n) is 17.2. The van der Waals surface area contributed by atoms with Crippen molar-refractivity contribution < 1.29 is 14.3 Å². The number of aromatic nitrogens is 1. The first-order valence-corrected chi connectivity index (χ1v) is 9.43. The van der Waals surface area contributed by atoms with E-state index in [1.807, 2.05) is 38.1 Å². The molecule has 0 unspecified atom stereocenters. The van der Waals surface area contributed by atoms with E-state index in [1.165, 1.54) is 0 Å². The van der Waals surface area contributed by atoms with Gasteiger partial charge in [0.15, 0.2) is 0 Å². The van der Waals surface area contributed by atoms with Crippen LogP contribution in [-0.2, 0) is 16.0 Å². The van der Waals surface area contributed by atoms with Gasteiger partial charge in [-0.05, 0) is 63.9 Å². The number of hydrogen-bond donors (Lipinski definition) is 1. The quantitative estimate of drug-likeness (QED) is 0.708. The number of amides is 2. The van der Waals surface area contributed by atoms with Crippen LogP contribution in [0, 0.1) is 5.41 Å². The predicted octanol–water partition coefficient (Wildman–Crippen LogP) is 3.53. The van der Waals surface area contributed by atoms with Gasteiger partial charge >= 0.3 is 0 Å². The van der Waals surface area contributed by atoms with Crippen molar-refractivity contribution in [3.63, 3.8) is 0 Å². The van der Waals surface area contributed by atoms with Crippen molar-refractivity contribution in [2.75, 3.05) is 18.9 Å². The molecule has 0 atom stereocenters. The fourth-order valence-electron chi connectivity index (χ4n) is 2.73. The number of hydrogen-bond acceptors (Lipinski definition) is 4. The molecule has 6 heteroatoms. The van der Waals surface area contributed by atoms with Crippen molar-refractivity contribution in [1.82, 2.24) is 9.88 Å². The minimum atomic E-state index is -1.21. The summed E-state index contributed by atoms with van der Waals surface area (Å²) in [6.45, 7) is 7.64. The highest BCUT2D eigenvalue weighted by Gasteiger charge is 2.38. The maximum Gasteiger partial charge on any atom is 0.239 e. The van der Waals surface area contributed by atoms with Gasteiger partial charge in [0.1, 0.15) is 11.2 Å². The molecule has 0 saturated heterocycles. The number of carbonyl (C=O) groups is 2. The van der Waals surface area contributed by atoms with Gasteiger partial charge < -0.3 is 15.0 Å². The fourth-order valence-corrected chi connectivity index (χ4v) is 2.73. The van der Waals surface area contributed by atoms with E-state index in [0.717, 1.165) is 5.56 Å². The van der Waals surface area contributed by atoms with E-state index in [9.17, 15) is 9.59 Å². The molecule has 0 aliphatic carbocycles. The third kappa shape index (κ3) is 5.55. The zero-order valence-corrected chi connectivity index (χ0v) is 17.2. The zero-order chi connectivity index (χ0) is 20.7. The lowest BCUT2D eigenvalue weighted by atomic mass is 9.90. The van der Waals surface area contributed by atoms with Crippen molar-refractivity contribution in [3.8, 4) is 5.75 Å². The molecule has 1 aromatic heterocycles. The predicted molar refractivity (Wildman–Crippen MR) is 110 cm³/mol. The standard InChI is InChI=1S/C22H29N3O3/c1-16(2)28-19-9-7-6-8-18(19)24-20(26)22(3,4)21(27)25(5)15-12-17-10-13-23-14-11-17/h6-11,13-14,16H,12,15H2,1-5H3,(H,24,26). The second-order valence-corrected chi connectivity index (χ2v) is 7.57. The number of nitrogens with zero attached hydrogens (tertiary/aromatic N) is 2. The molecule has 1 aromatic carbocycles. The summed E-state index contributed by atoms with van der Waals surface area (Å²) in [5.74, 6) is -0.0190. The minimum Gasteiger partial charge on any atom is -0.489 e. The lowest BCUT2D eigenvalue weighted by molar-refractivity contribution is -0.145. The number of ether oxygens (including phenoxy) is 1. The summed E-state index contributed by atoms with van der Waals surface area (Å²) in [7, 11) is 1.72. The van der Waals surface area contributed by atoms with Gasteiger partial charge in [-0.15, -0.1) is 0 Å². The lowest BCUT2D eigenvalue weighted by Crippen LogP contribution is -2.46. The number of carbonyl (C=O) groups excluding carboxylic acids is 2. The monoisotopic (exact) mass is 383 g/mol. The Hall–Kier alpha value is -2.89. The van der Waals surface area contributed by atoms with Gasteiger partial charge in [0.05, 0.1) is 11.8 Å². The van der Waals surface area contributed by atoms with Crippen molar-refractivity contribution in [1.29, 1.82) is 0 Å². The largest absolute Gasteiger partial charge is 0.489 e. The maximum absolute atomic E-state index is 12.9. The Bertz CT molecular complexity index is 804. The van der Waals surface area contributed by atoms with E-state index in [4.69, 9.17) is 4.74 Å².